The first kappa shape index (κ1) is 14.0. The van der Waals surface area contributed by atoms with Crippen molar-refractivity contribution in [1.82, 2.24) is 9.55 Å². The van der Waals surface area contributed by atoms with E-state index >= 15 is 0 Å². The summed E-state index contributed by atoms with van der Waals surface area (Å²) in [6, 6.07) is 3.04. The molecule has 19 heavy (non-hydrogen) atoms. The third-order valence-electron chi connectivity index (χ3n) is 2.94. The van der Waals surface area contributed by atoms with Crippen LogP contribution in [0.3, 0.4) is 0 Å². The number of nitrogens with zero attached hydrogens (tertiary/aromatic N) is 1. The average Bonchev–Trinajstić information content (AvgIpc) is 2.64. The average molecular weight is 284 g/mol. The zero-order chi connectivity index (χ0) is 14.0. The van der Waals surface area contributed by atoms with Gasteiger partial charge in [-0.25, -0.2) is 4.39 Å². The van der Waals surface area contributed by atoms with Crippen LogP contribution in [-0.4, -0.2) is 29.4 Å². The Balaban J connectivity index is 2.48. The van der Waals surface area contributed by atoms with Crippen molar-refractivity contribution in [3.05, 3.63) is 22.7 Å². The number of ether oxygens (including phenoxy) is 2. The maximum absolute atomic E-state index is 13.6. The Hall–Kier alpha value is -1.40. The van der Waals surface area contributed by atoms with Gasteiger partial charge in [-0.2, -0.15) is 0 Å². The highest BCUT2D eigenvalue weighted by molar-refractivity contribution is 7.71. The Morgan fingerprint density at radius 3 is 2.84 bits per heavy atom. The first-order valence-corrected chi connectivity index (χ1v) is 6.55. The largest absolute Gasteiger partial charge is 0.494 e. The topological polar surface area (TPSA) is 39.2 Å². The van der Waals surface area contributed by atoms with E-state index in [2.05, 4.69) is 4.98 Å². The zero-order valence-electron chi connectivity index (χ0n) is 11.2. The van der Waals surface area contributed by atoms with Gasteiger partial charge in [0.2, 0.25) is 0 Å². The highest BCUT2D eigenvalue weighted by atomic mass is 32.1. The molecule has 4 nitrogen and oxygen atoms in total. The van der Waals surface area contributed by atoms with Crippen molar-refractivity contribution in [2.45, 2.75) is 26.5 Å². The third-order valence-corrected chi connectivity index (χ3v) is 3.26. The smallest absolute Gasteiger partial charge is 0.178 e. The maximum Gasteiger partial charge on any atom is 0.178 e. The number of H-pyrrole nitrogens is 1. The molecular formula is C13H17FN2O2S. The van der Waals surface area contributed by atoms with Crippen molar-refractivity contribution in [2.75, 3.05) is 13.7 Å². The summed E-state index contributed by atoms with van der Waals surface area (Å²) in [6.45, 7) is 5.19. The molecule has 1 unspecified atom stereocenters. The fraction of sp³-hybridized carbons (Fsp3) is 0.462. The van der Waals surface area contributed by atoms with Crippen LogP contribution in [0.25, 0.3) is 11.0 Å². The Kier molecular flexibility index (Phi) is 4.21. The van der Waals surface area contributed by atoms with Crippen molar-refractivity contribution in [1.29, 1.82) is 0 Å². The van der Waals surface area contributed by atoms with E-state index in [1.54, 1.807) is 6.07 Å². The number of benzene rings is 1. The Morgan fingerprint density at radius 1 is 1.47 bits per heavy atom. The van der Waals surface area contributed by atoms with Crippen LogP contribution in [-0.2, 0) is 11.3 Å². The van der Waals surface area contributed by atoms with Crippen molar-refractivity contribution in [3.63, 3.8) is 0 Å². The molecule has 0 aliphatic carbocycles. The van der Waals surface area contributed by atoms with Gasteiger partial charge in [-0.15, -0.1) is 0 Å². The summed E-state index contributed by atoms with van der Waals surface area (Å²) in [5.74, 6) is -0.199. The van der Waals surface area contributed by atoms with E-state index in [-0.39, 0.29) is 11.9 Å². The second-order valence-electron chi connectivity index (χ2n) is 4.31. The molecule has 0 aliphatic heterocycles. The maximum atomic E-state index is 13.6. The van der Waals surface area contributed by atoms with Gasteiger partial charge in [0, 0.05) is 18.7 Å². The van der Waals surface area contributed by atoms with E-state index in [9.17, 15) is 4.39 Å². The van der Waals surface area contributed by atoms with Crippen molar-refractivity contribution < 1.29 is 13.9 Å². The summed E-state index contributed by atoms with van der Waals surface area (Å²) in [6.07, 6.45) is 0.0340. The molecule has 1 N–H and O–H groups in total. The van der Waals surface area contributed by atoms with Crippen LogP contribution in [0.15, 0.2) is 12.1 Å². The van der Waals surface area contributed by atoms with E-state index in [0.29, 0.717) is 23.4 Å². The first-order valence-electron chi connectivity index (χ1n) is 6.14. The van der Waals surface area contributed by atoms with Gasteiger partial charge in [0.1, 0.15) is 0 Å². The molecule has 1 heterocycles. The van der Waals surface area contributed by atoms with Gasteiger partial charge in [0.05, 0.1) is 30.8 Å². The molecule has 6 heteroatoms. The number of methoxy groups -OCH3 is 1. The van der Waals surface area contributed by atoms with E-state index in [1.165, 1.54) is 13.2 Å². The number of hydrogen-bond donors (Lipinski definition) is 1. The summed E-state index contributed by atoms with van der Waals surface area (Å²) >= 11 is 5.27. The fourth-order valence-corrected chi connectivity index (χ4v) is 2.37. The number of nitrogens with one attached hydrogen (secondary N) is 1. The summed E-state index contributed by atoms with van der Waals surface area (Å²) in [5, 5.41) is 0. The molecule has 2 aromatic rings. The number of rotatable bonds is 5. The first-order chi connectivity index (χ1) is 9.06. The zero-order valence-corrected chi connectivity index (χ0v) is 12.0. The van der Waals surface area contributed by atoms with E-state index in [4.69, 9.17) is 21.7 Å². The summed E-state index contributed by atoms with van der Waals surface area (Å²) in [5.41, 5.74) is 1.47. The minimum absolute atomic E-state index is 0.0340. The van der Waals surface area contributed by atoms with E-state index in [0.717, 1.165) is 5.52 Å². The molecule has 0 amide bonds. The standard InChI is InChI=1S/C13H17FN2O2S/c1-4-18-8(2)7-16-11-6-12(17-3)9(14)5-10(11)15-13(16)19/h5-6,8H,4,7H2,1-3H3,(H,15,19). The Labute approximate surface area is 116 Å². The number of fused-ring (bicyclic) bond motifs is 1. The molecular weight excluding hydrogens is 267 g/mol. The van der Waals surface area contributed by atoms with E-state index < -0.39 is 5.82 Å². The molecule has 0 fully saturated rings. The van der Waals surface area contributed by atoms with Crippen LogP contribution >= 0.6 is 12.2 Å². The molecule has 0 saturated heterocycles. The van der Waals surface area contributed by atoms with Crippen LogP contribution in [0.5, 0.6) is 5.75 Å². The number of hydrogen-bond acceptors (Lipinski definition) is 3. The number of halogens is 1. The van der Waals surface area contributed by atoms with Gasteiger partial charge in [-0.3, -0.25) is 0 Å². The Morgan fingerprint density at radius 2 is 2.21 bits per heavy atom. The van der Waals surface area contributed by atoms with Gasteiger partial charge in [0.25, 0.3) is 0 Å². The molecule has 0 bridgehead atoms. The Bertz CT molecular complexity index is 635. The molecule has 1 aromatic carbocycles. The fourth-order valence-electron chi connectivity index (χ4n) is 2.09. The van der Waals surface area contributed by atoms with Gasteiger partial charge in [-0.05, 0) is 26.1 Å². The van der Waals surface area contributed by atoms with Crippen LogP contribution in [0.1, 0.15) is 13.8 Å². The lowest BCUT2D eigenvalue weighted by Crippen LogP contribution is -2.16. The van der Waals surface area contributed by atoms with Gasteiger partial charge in [-0.1, -0.05) is 0 Å². The molecule has 0 spiro atoms. The second kappa shape index (κ2) is 5.71. The summed E-state index contributed by atoms with van der Waals surface area (Å²) < 4.78 is 26.6. The normalized spacial score (nSPS) is 12.8. The quantitative estimate of drug-likeness (QED) is 0.856. The van der Waals surface area contributed by atoms with Crippen LogP contribution < -0.4 is 4.74 Å². The molecule has 1 aromatic heterocycles. The predicted octanol–water partition coefficient (Wildman–Crippen LogP) is 3.27. The number of imidazole rings is 1. The lowest BCUT2D eigenvalue weighted by atomic mass is 10.2. The minimum Gasteiger partial charge on any atom is -0.494 e. The number of aromatic nitrogens is 2. The van der Waals surface area contributed by atoms with Crippen LogP contribution in [0.2, 0.25) is 0 Å². The lowest BCUT2D eigenvalue weighted by Gasteiger charge is -2.13. The summed E-state index contributed by atoms with van der Waals surface area (Å²) in [7, 11) is 1.44. The SMILES string of the molecule is CCOC(C)Cn1c(=S)[nH]c2cc(F)c(OC)cc21. The van der Waals surface area contributed by atoms with Crippen molar-refractivity contribution in [2.24, 2.45) is 0 Å². The molecule has 2 rings (SSSR count). The van der Waals surface area contributed by atoms with Crippen molar-refractivity contribution in [3.8, 4) is 5.75 Å². The molecule has 0 aliphatic rings. The molecule has 104 valence electrons. The molecule has 1 atom stereocenters. The highest BCUT2D eigenvalue weighted by Gasteiger charge is 2.12. The van der Waals surface area contributed by atoms with Crippen molar-refractivity contribution >= 4 is 23.3 Å². The van der Waals surface area contributed by atoms with Gasteiger partial charge >= 0.3 is 0 Å². The second-order valence-corrected chi connectivity index (χ2v) is 4.70. The third kappa shape index (κ3) is 2.79. The number of aromatic amines is 1. The monoisotopic (exact) mass is 284 g/mol. The lowest BCUT2D eigenvalue weighted by molar-refractivity contribution is 0.0645. The summed E-state index contributed by atoms with van der Waals surface area (Å²) in [4.78, 5) is 2.99. The molecule has 0 saturated carbocycles. The highest BCUT2D eigenvalue weighted by Crippen LogP contribution is 2.24. The molecule has 0 radical (unpaired) electrons. The van der Waals surface area contributed by atoms with Gasteiger partial charge in [0.15, 0.2) is 16.3 Å². The predicted molar refractivity (Wildman–Crippen MR) is 74.7 cm³/mol. The van der Waals surface area contributed by atoms with Crippen LogP contribution in [0, 0.1) is 10.6 Å². The minimum atomic E-state index is -0.406. The van der Waals surface area contributed by atoms with Crippen LogP contribution in [0.4, 0.5) is 4.39 Å². The van der Waals surface area contributed by atoms with Gasteiger partial charge < -0.3 is 19.0 Å². The van der Waals surface area contributed by atoms with E-state index in [1.807, 2.05) is 18.4 Å².